The third-order valence-corrected chi connectivity index (χ3v) is 5.25. The number of imidazole rings is 1. The van der Waals surface area contributed by atoms with Crippen LogP contribution in [0.1, 0.15) is 28.0 Å². The zero-order valence-corrected chi connectivity index (χ0v) is 17.2. The van der Waals surface area contributed by atoms with Crippen molar-refractivity contribution in [2.75, 3.05) is 0 Å². The number of amides is 1. The predicted molar refractivity (Wildman–Crippen MR) is 114 cm³/mol. The van der Waals surface area contributed by atoms with E-state index in [1.807, 2.05) is 0 Å². The van der Waals surface area contributed by atoms with Crippen LogP contribution in [0.3, 0.4) is 0 Å². The number of rotatable bonds is 6. The number of carbonyl (C=O) groups excluding carboxylic acids is 1. The second-order valence-electron chi connectivity index (χ2n) is 6.51. The molecule has 4 aromatic rings. The molecule has 4 rings (SSSR count). The van der Waals surface area contributed by atoms with Crippen molar-refractivity contribution in [3.8, 4) is 17.1 Å². The number of halogens is 2. The van der Waals surface area contributed by atoms with Gasteiger partial charge in [0.05, 0.1) is 10.0 Å². The van der Waals surface area contributed by atoms with Gasteiger partial charge in [0.1, 0.15) is 23.2 Å². The maximum Gasteiger partial charge on any atom is 0.356 e. The van der Waals surface area contributed by atoms with Gasteiger partial charge in [0.15, 0.2) is 11.6 Å². The molecule has 0 aliphatic carbocycles. The molecule has 0 aliphatic rings. The van der Waals surface area contributed by atoms with Crippen molar-refractivity contribution in [1.82, 2.24) is 14.5 Å². The van der Waals surface area contributed by atoms with E-state index in [4.69, 9.17) is 33.4 Å². The minimum absolute atomic E-state index is 0.0682. The summed E-state index contributed by atoms with van der Waals surface area (Å²) in [5.74, 6) is -2.13. The standard InChI is InChI=1S/C21H14Cl2N4O4/c22-12-5-4-11(9-13(12)23)15-6-7-16(31-15)18(19(24)28)20-26-14(21(29)30)10-27(20)17-3-1-2-8-25-17/h1-10,18H,(H2,24,28)(H,29,30). The quantitative estimate of drug-likeness (QED) is 0.448. The van der Waals surface area contributed by atoms with Gasteiger partial charge in [-0.3, -0.25) is 9.36 Å². The molecule has 1 atom stereocenters. The Kier molecular flexibility index (Phi) is 5.50. The van der Waals surface area contributed by atoms with E-state index >= 15 is 0 Å². The number of nitrogens with two attached hydrogens (primary N) is 1. The summed E-state index contributed by atoms with van der Waals surface area (Å²) in [6, 6.07) is 13.3. The SMILES string of the molecule is NC(=O)C(c1ccc(-c2ccc(Cl)c(Cl)c2)o1)c1nc(C(=O)O)cn1-c1ccccn1. The van der Waals surface area contributed by atoms with Crippen molar-refractivity contribution < 1.29 is 19.1 Å². The number of hydrogen-bond donors (Lipinski definition) is 2. The zero-order chi connectivity index (χ0) is 22.1. The van der Waals surface area contributed by atoms with Gasteiger partial charge >= 0.3 is 5.97 Å². The molecule has 1 aromatic carbocycles. The molecule has 3 aromatic heterocycles. The molecule has 0 spiro atoms. The van der Waals surface area contributed by atoms with E-state index in [2.05, 4.69) is 9.97 Å². The Morgan fingerprint density at radius 2 is 1.90 bits per heavy atom. The summed E-state index contributed by atoms with van der Waals surface area (Å²) in [7, 11) is 0. The fourth-order valence-electron chi connectivity index (χ4n) is 3.09. The largest absolute Gasteiger partial charge is 0.476 e. The summed E-state index contributed by atoms with van der Waals surface area (Å²) in [6.45, 7) is 0. The topological polar surface area (TPSA) is 124 Å². The van der Waals surface area contributed by atoms with E-state index in [-0.39, 0.29) is 17.3 Å². The van der Waals surface area contributed by atoms with Crippen LogP contribution < -0.4 is 5.73 Å². The number of primary amides is 1. The van der Waals surface area contributed by atoms with Gasteiger partial charge < -0.3 is 15.3 Å². The van der Waals surface area contributed by atoms with Crippen LogP contribution in [-0.2, 0) is 4.79 Å². The summed E-state index contributed by atoms with van der Waals surface area (Å²) in [4.78, 5) is 32.3. The molecular weight excluding hydrogens is 443 g/mol. The summed E-state index contributed by atoms with van der Waals surface area (Å²) in [5, 5.41) is 10.1. The first-order valence-electron chi connectivity index (χ1n) is 8.93. The lowest BCUT2D eigenvalue weighted by Gasteiger charge is -2.13. The highest BCUT2D eigenvalue weighted by Gasteiger charge is 2.31. The van der Waals surface area contributed by atoms with Gasteiger partial charge in [-0.2, -0.15) is 0 Å². The average molecular weight is 457 g/mol. The van der Waals surface area contributed by atoms with Crippen molar-refractivity contribution in [2.24, 2.45) is 5.73 Å². The highest BCUT2D eigenvalue weighted by Crippen LogP contribution is 2.33. The lowest BCUT2D eigenvalue weighted by atomic mass is 10.1. The van der Waals surface area contributed by atoms with Crippen molar-refractivity contribution in [3.63, 3.8) is 0 Å². The van der Waals surface area contributed by atoms with E-state index < -0.39 is 17.8 Å². The van der Waals surface area contributed by atoms with Gasteiger partial charge in [0, 0.05) is 18.0 Å². The van der Waals surface area contributed by atoms with Gasteiger partial charge in [-0.1, -0.05) is 29.3 Å². The molecule has 0 fully saturated rings. The Labute approximate surface area is 185 Å². The Morgan fingerprint density at radius 3 is 2.55 bits per heavy atom. The van der Waals surface area contributed by atoms with Crippen LogP contribution in [0.4, 0.5) is 0 Å². The molecule has 31 heavy (non-hydrogen) atoms. The van der Waals surface area contributed by atoms with Gasteiger partial charge in [0.25, 0.3) is 0 Å². The van der Waals surface area contributed by atoms with Gasteiger partial charge in [-0.05, 0) is 42.5 Å². The molecule has 0 saturated heterocycles. The Bertz CT molecular complexity index is 1280. The number of aromatic carboxylic acids is 1. The first-order chi connectivity index (χ1) is 14.8. The van der Waals surface area contributed by atoms with Crippen molar-refractivity contribution in [3.05, 3.63) is 88.2 Å². The second kappa shape index (κ2) is 8.25. The molecule has 3 heterocycles. The normalized spacial score (nSPS) is 11.9. The maximum atomic E-state index is 12.4. The smallest absolute Gasteiger partial charge is 0.356 e. The summed E-state index contributed by atoms with van der Waals surface area (Å²) in [5.41, 5.74) is 6.05. The van der Waals surface area contributed by atoms with Crippen LogP contribution in [0.15, 0.2) is 65.3 Å². The maximum absolute atomic E-state index is 12.4. The number of nitrogens with zero attached hydrogens (tertiary/aromatic N) is 3. The lowest BCUT2D eigenvalue weighted by Crippen LogP contribution is -2.25. The van der Waals surface area contributed by atoms with Crippen molar-refractivity contribution in [1.29, 1.82) is 0 Å². The van der Waals surface area contributed by atoms with Crippen LogP contribution in [0.25, 0.3) is 17.1 Å². The number of benzene rings is 1. The molecule has 8 nitrogen and oxygen atoms in total. The predicted octanol–water partition coefficient (Wildman–Crippen LogP) is 4.15. The molecule has 0 bridgehead atoms. The fraction of sp³-hybridized carbons (Fsp3) is 0.0476. The number of carboxylic acid groups (broad SMARTS) is 1. The van der Waals surface area contributed by atoms with Crippen molar-refractivity contribution >= 4 is 35.1 Å². The lowest BCUT2D eigenvalue weighted by molar-refractivity contribution is -0.119. The summed E-state index contributed by atoms with van der Waals surface area (Å²) >= 11 is 12.0. The van der Waals surface area contributed by atoms with E-state index in [1.165, 1.54) is 17.0 Å². The van der Waals surface area contributed by atoms with Crippen LogP contribution >= 0.6 is 23.2 Å². The fourth-order valence-corrected chi connectivity index (χ4v) is 3.39. The number of carboxylic acids is 1. The van der Waals surface area contributed by atoms with E-state index in [9.17, 15) is 14.7 Å². The van der Waals surface area contributed by atoms with Gasteiger partial charge in [-0.25, -0.2) is 14.8 Å². The molecule has 10 heteroatoms. The number of aromatic nitrogens is 3. The van der Waals surface area contributed by atoms with E-state index in [0.717, 1.165) is 0 Å². The molecule has 0 radical (unpaired) electrons. The zero-order valence-electron chi connectivity index (χ0n) is 15.7. The van der Waals surface area contributed by atoms with Gasteiger partial charge in [-0.15, -0.1) is 0 Å². The number of carbonyl (C=O) groups is 2. The first-order valence-corrected chi connectivity index (χ1v) is 9.69. The summed E-state index contributed by atoms with van der Waals surface area (Å²) in [6.07, 6.45) is 2.81. The van der Waals surface area contributed by atoms with E-state index in [1.54, 1.807) is 48.5 Å². The van der Waals surface area contributed by atoms with Crippen LogP contribution in [0.5, 0.6) is 0 Å². The molecule has 1 unspecified atom stereocenters. The van der Waals surface area contributed by atoms with Crippen LogP contribution in [0, 0.1) is 0 Å². The highest BCUT2D eigenvalue weighted by molar-refractivity contribution is 6.42. The number of hydrogen-bond acceptors (Lipinski definition) is 5. The average Bonchev–Trinajstić information content (AvgIpc) is 3.39. The highest BCUT2D eigenvalue weighted by atomic mass is 35.5. The molecule has 3 N–H and O–H groups in total. The molecular formula is C21H14Cl2N4O4. The monoisotopic (exact) mass is 456 g/mol. The Hall–Kier alpha value is -3.62. The van der Waals surface area contributed by atoms with E-state index in [0.29, 0.717) is 27.2 Å². The minimum Gasteiger partial charge on any atom is -0.476 e. The Balaban J connectivity index is 1.82. The summed E-state index contributed by atoms with van der Waals surface area (Å²) < 4.78 is 7.28. The Morgan fingerprint density at radius 1 is 1.10 bits per heavy atom. The number of furan rings is 1. The minimum atomic E-state index is -1.25. The molecule has 156 valence electrons. The molecule has 0 saturated carbocycles. The van der Waals surface area contributed by atoms with Crippen LogP contribution in [-0.4, -0.2) is 31.5 Å². The first kappa shape index (κ1) is 20.6. The van der Waals surface area contributed by atoms with Crippen LogP contribution in [0.2, 0.25) is 10.0 Å². The third-order valence-electron chi connectivity index (χ3n) is 4.51. The number of pyridine rings is 1. The molecule has 0 aliphatic heterocycles. The van der Waals surface area contributed by atoms with Crippen molar-refractivity contribution in [2.45, 2.75) is 5.92 Å². The molecule has 1 amide bonds. The van der Waals surface area contributed by atoms with Gasteiger partial charge in [0.2, 0.25) is 5.91 Å². The second-order valence-corrected chi connectivity index (χ2v) is 7.33. The third kappa shape index (κ3) is 4.03.